The Morgan fingerprint density at radius 2 is 1.56 bits per heavy atom. The molecule has 0 aliphatic rings. The maximum absolute atomic E-state index is 9.86. The molecule has 0 spiro atoms. The van der Waals surface area contributed by atoms with Gasteiger partial charge in [0.15, 0.2) is 0 Å². The number of phenolic OH excluding ortho intramolecular Hbond substituents is 1. The molecule has 3 aromatic carbocycles. The van der Waals surface area contributed by atoms with E-state index in [2.05, 4.69) is 4.98 Å². The van der Waals surface area contributed by atoms with Crippen LogP contribution >= 0.6 is 0 Å². The lowest BCUT2D eigenvalue weighted by molar-refractivity contribution is 0.475. The zero-order valence-corrected chi connectivity index (χ0v) is 13.5. The molecule has 0 aliphatic heterocycles. The molecule has 2 N–H and O–H groups in total. The van der Waals surface area contributed by atoms with Crippen LogP contribution < -0.4 is 4.74 Å². The van der Waals surface area contributed by atoms with Crippen LogP contribution in [-0.2, 0) is 0 Å². The van der Waals surface area contributed by atoms with E-state index in [1.54, 1.807) is 12.1 Å². The quantitative estimate of drug-likeness (QED) is 0.494. The van der Waals surface area contributed by atoms with E-state index in [1.165, 1.54) is 0 Å². The van der Waals surface area contributed by atoms with E-state index < -0.39 is 0 Å². The number of nitrogens with one attached hydrogen (secondary N) is 1. The molecule has 0 saturated heterocycles. The first-order valence-corrected chi connectivity index (χ1v) is 8.10. The van der Waals surface area contributed by atoms with Crippen molar-refractivity contribution in [3.63, 3.8) is 0 Å². The molecule has 25 heavy (non-hydrogen) atoms. The summed E-state index contributed by atoms with van der Waals surface area (Å²) in [6.45, 7) is 0. The number of aromatic hydroxyl groups is 1. The van der Waals surface area contributed by atoms with Crippen LogP contribution in [0.3, 0.4) is 0 Å². The minimum atomic E-state index is 0.240. The number of para-hydroxylation sites is 1. The Morgan fingerprint density at radius 3 is 2.32 bits per heavy atom. The van der Waals surface area contributed by atoms with Crippen LogP contribution in [0.4, 0.5) is 0 Å². The van der Waals surface area contributed by atoms with Crippen LogP contribution in [0, 0.1) is 0 Å². The van der Waals surface area contributed by atoms with Crippen molar-refractivity contribution in [2.75, 3.05) is 0 Å². The molecule has 1 heterocycles. The highest BCUT2D eigenvalue weighted by Gasteiger charge is 2.11. The van der Waals surface area contributed by atoms with Gasteiger partial charge in [0.1, 0.15) is 17.2 Å². The van der Waals surface area contributed by atoms with Gasteiger partial charge in [0.25, 0.3) is 0 Å². The lowest BCUT2D eigenvalue weighted by atomic mass is 9.97. The van der Waals surface area contributed by atoms with Gasteiger partial charge in [-0.3, -0.25) is 0 Å². The summed E-state index contributed by atoms with van der Waals surface area (Å²) in [7, 11) is 0. The standard InChI is InChI=1S/C22H17NO2/c24-17-7-4-6-16(14-17)21-15-19(25-18-8-2-1-3-9-18)11-12-20(21)22-10-5-13-23-22/h1-15,23-24H. The number of ether oxygens (including phenoxy) is 1. The molecule has 0 atom stereocenters. The second-order valence-electron chi connectivity index (χ2n) is 5.76. The first-order chi connectivity index (χ1) is 12.3. The lowest BCUT2D eigenvalue weighted by Crippen LogP contribution is -1.89. The molecule has 0 radical (unpaired) electrons. The van der Waals surface area contributed by atoms with E-state index in [9.17, 15) is 5.11 Å². The zero-order chi connectivity index (χ0) is 17.1. The van der Waals surface area contributed by atoms with Gasteiger partial charge in [-0.1, -0.05) is 30.3 Å². The van der Waals surface area contributed by atoms with Crippen LogP contribution in [0.15, 0.2) is 91.1 Å². The molecule has 1 aromatic heterocycles. The van der Waals surface area contributed by atoms with Gasteiger partial charge in [0, 0.05) is 17.5 Å². The third-order valence-electron chi connectivity index (χ3n) is 4.02. The Hall–Kier alpha value is -3.46. The fourth-order valence-electron chi connectivity index (χ4n) is 2.86. The second-order valence-corrected chi connectivity index (χ2v) is 5.76. The Bertz CT molecular complexity index is 976. The smallest absolute Gasteiger partial charge is 0.128 e. The van der Waals surface area contributed by atoms with Crippen molar-refractivity contribution < 1.29 is 9.84 Å². The number of hydrogen-bond donors (Lipinski definition) is 2. The maximum atomic E-state index is 9.86. The van der Waals surface area contributed by atoms with E-state index in [1.807, 2.05) is 79.0 Å². The molecule has 3 nitrogen and oxygen atoms in total. The zero-order valence-electron chi connectivity index (χ0n) is 13.5. The number of aromatic nitrogens is 1. The molecule has 0 amide bonds. The monoisotopic (exact) mass is 327 g/mol. The summed E-state index contributed by atoms with van der Waals surface area (Å²) in [6, 6.07) is 26.9. The minimum Gasteiger partial charge on any atom is -0.508 e. The molecule has 0 fully saturated rings. The van der Waals surface area contributed by atoms with E-state index >= 15 is 0 Å². The highest BCUT2D eigenvalue weighted by molar-refractivity contribution is 5.83. The van der Waals surface area contributed by atoms with E-state index in [0.29, 0.717) is 0 Å². The molecule has 4 aromatic rings. The maximum Gasteiger partial charge on any atom is 0.128 e. The largest absolute Gasteiger partial charge is 0.508 e. The van der Waals surface area contributed by atoms with Crippen LogP contribution in [0.5, 0.6) is 17.2 Å². The van der Waals surface area contributed by atoms with Crippen LogP contribution in [0.2, 0.25) is 0 Å². The summed E-state index contributed by atoms with van der Waals surface area (Å²) in [5, 5.41) is 9.86. The third kappa shape index (κ3) is 3.26. The Kier molecular flexibility index (Phi) is 3.97. The number of aromatic amines is 1. The Balaban J connectivity index is 1.81. The van der Waals surface area contributed by atoms with Crippen LogP contribution in [-0.4, -0.2) is 10.1 Å². The molecule has 0 bridgehead atoms. The van der Waals surface area contributed by atoms with Gasteiger partial charge in [-0.2, -0.15) is 0 Å². The average molecular weight is 327 g/mol. The molecular weight excluding hydrogens is 310 g/mol. The van der Waals surface area contributed by atoms with Gasteiger partial charge in [-0.05, 0) is 65.7 Å². The predicted octanol–water partition coefficient (Wildman–Crippen LogP) is 5.85. The van der Waals surface area contributed by atoms with Gasteiger partial charge in [0.05, 0.1) is 0 Å². The van der Waals surface area contributed by atoms with Crippen molar-refractivity contribution >= 4 is 0 Å². The van der Waals surface area contributed by atoms with E-state index in [0.717, 1.165) is 33.9 Å². The van der Waals surface area contributed by atoms with Gasteiger partial charge in [-0.15, -0.1) is 0 Å². The first kappa shape index (κ1) is 15.1. The van der Waals surface area contributed by atoms with Gasteiger partial charge < -0.3 is 14.8 Å². The highest BCUT2D eigenvalue weighted by Crippen LogP contribution is 2.36. The SMILES string of the molecule is Oc1cccc(-c2cc(Oc3ccccc3)ccc2-c2ccc[nH]2)c1. The van der Waals surface area contributed by atoms with Crippen molar-refractivity contribution in [3.8, 4) is 39.6 Å². The second kappa shape index (κ2) is 6.57. The highest BCUT2D eigenvalue weighted by atomic mass is 16.5. The van der Waals surface area contributed by atoms with E-state index in [-0.39, 0.29) is 5.75 Å². The topological polar surface area (TPSA) is 45.2 Å². The van der Waals surface area contributed by atoms with E-state index in [4.69, 9.17) is 4.74 Å². The fourth-order valence-corrected chi connectivity index (χ4v) is 2.86. The molecule has 3 heteroatoms. The van der Waals surface area contributed by atoms with Crippen molar-refractivity contribution in [1.29, 1.82) is 0 Å². The summed E-state index contributed by atoms with van der Waals surface area (Å²) in [6.07, 6.45) is 1.90. The minimum absolute atomic E-state index is 0.240. The summed E-state index contributed by atoms with van der Waals surface area (Å²) >= 11 is 0. The van der Waals surface area contributed by atoms with Crippen molar-refractivity contribution in [1.82, 2.24) is 4.98 Å². The van der Waals surface area contributed by atoms with Crippen LogP contribution in [0.1, 0.15) is 0 Å². The molecule has 122 valence electrons. The number of rotatable bonds is 4. The number of benzene rings is 3. The summed E-state index contributed by atoms with van der Waals surface area (Å²) < 4.78 is 5.97. The first-order valence-electron chi connectivity index (χ1n) is 8.10. The van der Waals surface area contributed by atoms with Crippen molar-refractivity contribution in [3.05, 3.63) is 91.1 Å². The van der Waals surface area contributed by atoms with Crippen LogP contribution in [0.25, 0.3) is 22.4 Å². The normalized spacial score (nSPS) is 10.6. The Labute approximate surface area is 146 Å². The van der Waals surface area contributed by atoms with Gasteiger partial charge >= 0.3 is 0 Å². The molecular formula is C22H17NO2. The summed E-state index contributed by atoms with van der Waals surface area (Å²) in [5.41, 5.74) is 4.00. The number of hydrogen-bond acceptors (Lipinski definition) is 2. The predicted molar refractivity (Wildman–Crippen MR) is 99.8 cm³/mol. The van der Waals surface area contributed by atoms with Gasteiger partial charge in [-0.25, -0.2) is 0 Å². The molecule has 0 unspecified atom stereocenters. The molecule has 0 saturated carbocycles. The summed E-state index contributed by atoms with van der Waals surface area (Å²) in [5.74, 6) is 1.78. The summed E-state index contributed by atoms with van der Waals surface area (Å²) in [4.78, 5) is 3.24. The fraction of sp³-hybridized carbons (Fsp3) is 0. The number of phenols is 1. The van der Waals surface area contributed by atoms with Crippen molar-refractivity contribution in [2.45, 2.75) is 0 Å². The lowest BCUT2D eigenvalue weighted by Gasteiger charge is -2.13. The molecule has 4 rings (SSSR count). The number of H-pyrrole nitrogens is 1. The average Bonchev–Trinajstić information content (AvgIpc) is 3.17. The Morgan fingerprint density at radius 1 is 0.680 bits per heavy atom. The van der Waals surface area contributed by atoms with Gasteiger partial charge in [0.2, 0.25) is 0 Å². The van der Waals surface area contributed by atoms with Crippen molar-refractivity contribution in [2.24, 2.45) is 0 Å². The third-order valence-corrected chi connectivity index (χ3v) is 4.02. The molecule has 0 aliphatic carbocycles.